The second-order valence-electron chi connectivity index (χ2n) is 6.52. The highest BCUT2D eigenvalue weighted by atomic mass is 32.2. The predicted molar refractivity (Wildman–Crippen MR) is 97.9 cm³/mol. The summed E-state index contributed by atoms with van der Waals surface area (Å²) in [6.45, 7) is 0.917. The highest BCUT2D eigenvalue weighted by Crippen LogP contribution is 2.22. The Balaban J connectivity index is 1.76. The molecule has 0 radical (unpaired) electrons. The maximum Gasteiger partial charge on any atom is 0.255 e. The van der Waals surface area contributed by atoms with Gasteiger partial charge in [0.2, 0.25) is 10.0 Å². The van der Waals surface area contributed by atoms with E-state index in [1.807, 2.05) is 0 Å². The predicted octanol–water partition coefficient (Wildman–Crippen LogP) is 3.92. The van der Waals surface area contributed by atoms with Crippen LogP contribution >= 0.6 is 0 Å². The van der Waals surface area contributed by atoms with Crippen molar-refractivity contribution in [2.45, 2.75) is 30.6 Å². The summed E-state index contributed by atoms with van der Waals surface area (Å²) in [7, 11) is -3.65. The van der Waals surface area contributed by atoms with E-state index in [-0.39, 0.29) is 10.5 Å². The first kappa shape index (κ1) is 20.3. The van der Waals surface area contributed by atoms with Gasteiger partial charge in [-0.15, -0.1) is 0 Å². The molecule has 0 atom stereocenters. The lowest BCUT2D eigenvalue weighted by molar-refractivity contribution is 0.102. The average molecular weight is 412 g/mol. The SMILES string of the molecule is O=C(Nc1ccc(F)c(F)c1F)c1ccc(S(=O)(=O)N2CCCCCC2)cc1. The fourth-order valence-corrected chi connectivity index (χ4v) is 4.54. The van der Waals surface area contributed by atoms with E-state index < -0.39 is 39.1 Å². The molecule has 1 aliphatic rings. The van der Waals surface area contributed by atoms with E-state index in [2.05, 4.69) is 5.32 Å². The number of amides is 1. The van der Waals surface area contributed by atoms with Crippen molar-refractivity contribution in [1.29, 1.82) is 0 Å². The van der Waals surface area contributed by atoms with Gasteiger partial charge in [0.25, 0.3) is 5.91 Å². The number of carbonyl (C=O) groups excluding carboxylic acids is 1. The molecule has 5 nitrogen and oxygen atoms in total. The number of benzene rings is 2. The Kier molecular flexibility index (Phi) is 6.04. The average Bonchev–Trinajstić information content (AvgIpc) is 2.98. The van der Waals surface area contributed by atoms with Crippen LogP contribution < -0.4 is 5.32 Å². The maximum atomic E-state index is 13.7. The van der Waals surface area contributed by atoms with Crippen molar-refractivity contribution in [3.8, 4) is 0 Å². The molecule has 0 aromatic heterocycles. The molecule has 0 saturated carbocycles. The minimum Gasteiger partial charge on any atom is -0.319 e. The number of sulfonamides is 1. The Morgan fingerprint density at radius 2 is 1.46 bits per heavy atom. The van der Waals surface area contributed by atoms with Gasteiger partial charge < -0.3 is 5.32 Å². The maximum absolute atomic E-state index is 13.7. The van der Waals surface area contributed by atoms with E-state index in [4.69, 9.17) is 0 Å². The molecule has 1 aliphatic heterocycles. The van der Waals surface area contributed by atoms with E-state index in [0.717, 1.165) is 31.7 Å². The van der Waals surface area contributed by atoms with Gasteiger partial charge in [0, 0.05) is 18.7 Å². The first-order valence-electron chi connectivity index (χ1n) is 8.86. The summed E-state index contributed by atoms with van der Waals surface area (Å²) in [5.41, 5.74) is -0.455. The molecular formula is C19H19F3N2O3S. The molecule has 2 aromatic rings. The van der Waals surface area contributed by atoms with Gasteiger partial charge in [0.1, 0.15) is 0 Å². The molecule has 1 saturated heterocycles. The van der Waals surface area contributed by atoms with Gasteiger partial charge in [-0.3, -0.25) is 4.79 Å². The van der Waals surface area contributed by atoms with Crippen LogP contribution in [0.3, 0.4) is 0 Å². The number of nitrogens with one attached hydrogen (secondary N) is 1. The van der Waals surface area contributed by atoms with E-state index in [1.165, 1.54) is 28.6 Å². The number of hydrogen-bond acceptors (Lipinski definition) is 3. The topological polar surface area (TPSA) is 66.5 Å². The zero-order valence-corrected chi connectivity index (χ0v) is 15.7. The van der Waals surface area contributed by atoms with Crippen molar-refractivity contribution in [1.82, 2.24) is 4.31 Å². The fraction of sp³-hybridized carbons (Fsp3) is 0.316. The number of rotatable bonds is 4. The first-order chi connectivity index (χ1) is 13.3. The fourth-order valence-electron chi connectivity index (χ4n) is 3.03. The molecule has 1 fully saturated rings. The largest absolute Gasteiger partial charge is 0.319 e. The van der Waals surface area contributed by atoms with Gasteiger partial charge in [0.15, 0.2) is 17.5 Å². The summed E-state index contributed by atoms with van der Waals surface area (Å²) in [6, 6.07) is 6.79. The molecule has 0 aliphatic carbocycles. The lowest BCUT2D eigenvalue weighted by Gasteiger charge is -2.20. The summed E-state index contributed by atoms with van der Waals surface area (Å²) >= 11 is 0. The third kappa shape index (κ3) is 4.20. The highest BCUT2D eigenvalue weighted by molar-refractivity contribution is 7.89. The molecule has 0 bridgehead atoms. The van der Waals surface area contributed by atoms with Gasteiger partial charge in [-0.2, -0.15) is 4.31 Å². The molecule has 1 heterocycles. The molecule has 3 rings (SSSR count). The van der Waals surface area contributed by atoms with Crippen LogP contribution in [-0.4, -0.2) is 31.7 Å². The van der Waals surface area contributed by atoms with E-state index in [1.54, 1.807) is 0 Å². The van der Waals surface area contributed by atoms with Crippen molar-refractivity contribution in [3.05, 3.63) is 59.4 Å². The van der Waals surface area contributed by atoms with Crippen LogP contribution in [0.4, 0.5) is 18.9 Å². The zero-order chi connectivity index (χ0) is 20.3. The lowest BCUT2D eigenvalue weighted by atomic mass is 10.2. The molecule has 2 aromatic carbocycles. The Bertz CT molecular complexity index is 971. The summed E-state index contributed by atoms with van der Waals surface area (Å²) in [5.74, 6) is -5.33. The normalized spacial score (nSPS) is 15.8. The Labute approximate surface area is 161 Å². The minimum absolute atomic E-state index is 0.0546. The number of halogens is 3. The van der Waals surface area contributed by atoms with Crippen LogP contribution in [0.1, 0.15) is 36.0 Å². The lowest BCUT2D eigenvalue weighted by Crippen LogP contribution is -2.31. The summed E-state index contributed by atoms with van der Waals surface area (Å²) in [5, 5.41) is 2.14. The zero-order valence-electron chi connectivity index (χ0n) is 14.9. The smallest absolute Gasteiger partial charge is 0.255 e. The molecule has 1 N–H and O–H groups in total. The van der Waals surface area contributed by atoms with Crippen molar-refractivity contribution in [2.24, 2.45) is 0 Å². The Morgan fingerprint density at radius 3 is 2.07 bits per heavy atom. The second-order valence-corrected chi connectivity index (χ2v) is 8.46. The third-order valence-corrected chi connectivity index (χ3v) is 6.52. The van der Waals surface area contributed by atoms with E-state index in [0.29, 0.717) is 19.2 Å². The monoisotopic (exact) mass is 412 g/mol. The third-order valence-electron chi connectivity index (χ3n) is 4.60. The van der Waals surface area contributed by atoms with Crippen LogP contribution in [-0.2, 0) is 10.0 Å². The van der Waals surface area contributed by atoms with Crippen molar-refractivity contribution >= 4 is 21.6 Å². The molecule has 150 valence electrons. The van der Waals surface area contributed by atoms with Crippen LogP contribution in [0.2, 0.25) is 0 Å². The Morgan fingerprint density at radius 1 is 0.857 bits per heavy atom. The standard InChI is InChI=1S/C19H19F3N2O3S/c20-15-9-10-16(18(22)17(15)21)23-19(25)13-5-7-14(8-6-13)28(26,27)24-11-3-1-2-4-12-24/h5-10H,1-4,11-12H2,(H,23,25). The van der Waals surface area contributed by atoms with Gasteiger partial charge in [-0.05, 0) is 49.2 Å². The highest BCUT2D eigenvalue weighted by Gasteiger charge is 2.25. The number of nitrogens with zero attached hydrogens (tertiary/aromatic N) is 1. The van der Waals surface area contributed by atoms with E-state index in [9.17, 15) is 26.4 Å². The van der Waals surface area contributed by atoms with Gasteiger partial charge >= 0.3 is 0 Å². The molecule has 0 spiro atoms. The molecule has 9 heteroatoms. The van der Waals surface area contributed by atoms with Crippen molar-refractivity contribution in [2.75, 3.05) is 18.4 Å². The molecular weight excluding hydrogens is 393 g/mol. The van der Waals surface area contributed by atoms with Gasteiger partial charge in [-0.25, -0.2) is 21.6 Å². The molecule has 0 unspecified atom stereocenters. The summed E-state index contributed by atoms with van der Waals surface area (Å²) in [6.07, 6.45) is 3.59. The summed E-state index contributed by atoms with van der Waals surface area (Å²) in [4.78, 5) is 12.3. The van der Waals surface area contributed by atoms with Crippen molar-refractivity contribution in [3.63, 3.8) is 0 Å². The van der Waals surface area contributed by atoms with Crippen molar-refractivity contribution < 1.29 is 26.4 Å². The number of carbonyl (C=O) groups is 1. The van der Waals surface area contributed by atoms with Crippen LogP contribution in [0.25, 0.3) is 0 Å². The summed E-state index contributed by atoms with van der Waals surface area (Å²) < 4.78 is 66.8. The van der Waals surface area contributed by atoms with E-state index >= 15 is 0 Å². The Hall–Kier alpha value is -2.39. The quantitative estimate of drug-likeness (QED) is 0.774. The van der Waals surface area contributed by atoms with Gasteiger partial charge in [0.05, 0.1) is 10.6 Å². The number of hydrogen-bond donors (Lipinski definition) is 1. The number of anilines is 1. The van der Waals surface area contributed by atoms with Gasteiger partial charge in [-0.1, -0.05) is 12.8 Å². The second kappa shape index (κ2) is 8.32. The first-order valence-corrected chi connectivity index (χ1v) is 10.3. The molecule has 28 heavy (non-hydrogen) atoms. The van der Waals surface area contributed by atoms with Crippen LogP contribution in [0.15, 0.2) is 41.3 Å². The minimum atomic E-state index is -3.65. The van der Waals surface area contributed by atoms with Crippen LogP contribution in [0, 0.1) is 17.5 Å². The molecule has 1 amide bonds. The van der Waals surface area contributed by atoms with Crippen LogP contribution in [0.5, 0.6) is 0 Å².